The van der Waals surface area contributed by atoms with Crippen molar-refractivity contribution in [3.8, 4) is 17.2 Å². The van der Waals surface area contributed by atoms with Gasteiger partial charge >= 0.3 is 0 Å². The largest absolute Gasteiger partial charge is 0.497 e. The smallest absolute Gasteiger partial charge is 0.241 e. The van der Waals surface area contributed by atoms with Gasteiger partial charge in [0.05, 0.1) is 18.6 Å². The summed E-state index contributed by atoms with van der Waals surface area (Å²) >= 11 is 0. The van der Waals surface area contributed by atoms with Gasteiger partial charge in [0.25, 0.3) is 0 Å². The van der Waals surface area contributed by atoms with Crippen LogP contribution in [0.4, 0.5) is 0 Å². The van der Waals surface area contributed by atoms with Crippen LogP contribution in [0, 0.1) is 0 Å². The number of carbonyl (C=O) groups excluding carboxylic acids is 1. The van der Waals surface area contributed by atoms with Crippen LogP contribution in [0.2, 0.25) is 0 Å². The Morgan fingerprint density at radius 2 is 1.85 bits per heavy atom. The highest BCUT2D eigenvalue weighted by molar-refractivity contribution is 7.89. The molecule has 0 unspecified atom stereocenters. The predicted molar refractivity (Wildman–Crippen MR) is 92.6 cm³/mol. The van der Waals surface area contributed by atoms with Crippen LogP contribution in [0.15, 0.2) is 47.4 Å². The van der Waals surface area contributed by atoms with E-state index in [0.29, 0.717) is 11.5 Å². The Hall–Kier alpha value is -2.78. The SMILES string of the molecule is COc1ccc(CNC(=O)CNS(=O)(=O)c2ccc3c(c2)OCO3)cc1. The Balaban J connectivity index is 1.53. The second-order valence-corrected chi connectivity index (χ2v) is 7.23. The molecule has 1 heterocycles. The number of rotatable bonds is 7. The van der Waals surface area contributed by atoms with E-state index in [1.807, 2.05) is 12.1 Å². The van der Waals surface area contributed by atoms with Gasteiger partial charge in [0.2, 0.25) is 22.7 Å². The maximum absolute atomic E-state index is 12.3. The van der Waals surface area contributed by atoms with Gasteiger partial charge in [0.1, 0.15) is 5.75 Å². The third kappa shape index (κ3) is 4.24. The first-order valence-corrected chi connectivity index (χ1v) is 9.25. The minimum Gasteiger partial charge on any atom is -0.497 e. The lowest BCUT2D eigenvalue weighted by molar-refractivity contribution is -0.120. The Morgan fingerprint density at radius 3 is 2.58 bits per heavy atom. The first kappa shape index (κ1) is 18.0. The molecule has 0 saturated heterocycles. The average molecular weight is 378 g/mol. The molecular weight excluding hydrogens is 360 g/mol. The molecule has 1 aliphatic rings. The molecule has 0 radical (unpaired) electrons. The molecule has 2 N–H and O–H groups in total. The van der Waals surface area contributed by atoms with Gasteiger partial charge in [-0.3, -0.25) is 4.79 Å². The van der Waals surface area contributed by atoms with Crippen molar-refractivity contribution in [2.24, 2.45) is 0 Å². The summed E-state index contributed by atoms with van der Waals surface area (Å²) in [5.74, 6) is 1.12. The first-order chi connectivity index (χ1) is 12.5. The molecule has 2 aromatic carbocycles. The Bertz CT molecular complexity index is 896. The van der Waals surface area contributed by atoms with Crippen molar-refractivity contribution < 1.29 is 27.4 Å². The average Bonchev–Trinajstić information content (AvgIpc) is 3.13. The minimum absolute atomic E-state index is 0.00436. The van der Waals surface area contributed by atoms with E-state index in [2.05, 4.69) is 10.0 Å². The maximum Gasteiger partial charge on any atom is 0.241 e. The molecule has 8 nitrogen and oxygen atoms in total. The Morgan fingerprint density at radius 1 is 1.12 bits per heavy atom. The molecule has 138 valence electrons. The molecule has 0 saturated carbocycles. The Labute approximate surface area is 151 Å². The zero-order valence-electron chi connectivity index (χ0n) is 14.0. The number of ether oxygens (including phenoxy) is 3. The summed E-state index contributed by atoms with van der Waals surface area (Å²) in [6, 6.07) is 11.5. The van der Waals surface area contributed by atoms with Gasteiger partial charge < -0.3 is 19.5 Å². The fourth-order valence-electron chi connectivity index (χ4n) is 2.29. The summed E-state index contributed by atoms with van der Waals surface area (Å²) in [6.45, 7) is -0.0263. The Kier molecular flexibility index (Phi) is 5.29. The van der Waals surface area contributed by atoms with E-state index in [9.17, 15) is 13.2 Å². The van der Waals surface area contributed by atoms with Gasteiger partial charge in [-0.05, 0) is 29.8 Å². The van der Waals surface area contributed by atoms with Crippen molar-refractivity contribution in [3.63, 3.8) is 0 Å². The van der Waals surface area contributed by atoms with E-state index in [1.165, 1.54) is 18.2 Å². The number of carbonyl (C=O) groups is 1. The van der Waals surface area contributed by atoms with Gasteiger partial charge in [-0.2, -0.15) is 0 Å². The molecular formula is C17H18N2O6S. The van der Waals surface area contributed by atoms with Crippen LogP contribution in [0.25, 0.3) is 0 Å². The summed E-state index contributed by atoms with van der Waals surface area (Å²) in [5, 5.41) is 2.65. The standard InChI is InChI=1S/C17H18N2O6S/c1-23-13-4-2-12(3-5-13)9-18-17(20)10-19-26(21,22)14-6-7-15-16(8-14)25-11-24-15/h2-8,19H,9-11H2,1H3,(H,18,20). The van der Waals surface area contributed by atoms with Gasteiger partial charge in [0.15, 0.2) is 11.5 Å². The van der Waals surface area contributed by atoms with Crippen molar-refractivity contribution >= 4 is 15.9 Å². The van der Waals surface area contributed by atoms with E-state index in [-0.39, 0.29) is 24.8 Å². The van der Waals surface area contributed by atoms with Gasteiger partial charge in [0, 0.05) is 12.6 Å². The number of benzene rings is 2. The molecule has 0 fully saturated rings. The summed E-state index contributed by atoms with van der Waals surface area (Å²) in [6.07, 6.45) is 0. The number of methoxy groups -OCH3 is 1. The molecule has 0 spiro atoms. The third-order valence-electron chi connectivity index (χ3n) is 3.73. The second kappa shape index (κ2) is 7.63. The van der Waals surface area contributed by atoms with Crippen LogP contribution in [0.5, 0.6) is 17.2 Å². The molecule has 1 amide bonds. The number of hydrogen-bond donors (Lipinski definition) is 2. The molecule has 2 aromatic rings. The monoisotopic (exact) mass is 378 g/mol. The molecule has 0 atom stereocenters. The minimum atomic E-state index is -3.83. The van der Waals surface area contributed by atoms with Crippen molar-refractivity contribution in [2.45, 2.75) is 11.4 Å². The number of fused-ring (bicyclic) bond motifs is 1. The number of amides is 1. The third-order valence-corrected chi connectivity index (χ3v) is 5.12. The highest BCUT2D eigenvalue weighted by Crippen LogP contribution is 2.33. The number of hydrogen-bond acceptors (Lipinski definition) is 6. The van der Waals surface area contributed by atoms with E-state index in [0.717, 1.165) is 11.3 Å². The van der Waals surface area contributed by atoms with Crippen molar-refractivity contribution in [2.75, 3.05) is 20.4 Å². The topological polar surface area (TPSA) is 103 Å². The molecule has 26 heavy (non-hydrogen) atoms. The molecule has 1 aliphatic heterocycles. The molecule has 0 aliphatic carbocycles. The fraction of sp³-hybridized carbons (Fsp3) is 0.235. The van der Waals surface area contributed by atoms with E-state index < -0.39 is 15.9 Å². The molecule has 0 aromatic heterocycles. The first-order valence-electron chi connectivity index (χ1n) is 7.77. The highest BCUT2D eigenvalue weighted by Gasteiger charge is 2.20. The molecule has 3 rings (SSSR count). The van der Waals surface area contributed by atoms with E-state index >= 15 is 0 Å². The van der Waals surface area contributed by atoms with Crippen LogP contribution in [-0.4, -0.2) is 34.8 Å². The summed E-state index contributed by atoms with van der Waals surface area (Å²) in [4.78, 5) is 11.9. The normalized spacial score (nSPS) is 12.7. The highest BCUT2D eigenvalue weighted by atomic mass is 32.2. The van der Waals surface area contributed by atoms with E-state index in [1.54, 1.807) is 19.2 Å². The lowest BCUT2D eigenvalue weighted by Crippen LogP contribution is -2.36. The van der Waals surface area contributed by atoms with Gasteiger partial charge in [-0.1, -0.05) is 12.1 Å². The van der Waals surface area contributed by atoms with Crippen molar-refractivity contribution in [1.29, 1.82) is 0 Å². The van der Waals surface area contributed by atoms with Crippen molar-refractivity contribution in [3.05, 3.63) is 48.0 Å². The second-order valence-electron chi connectivity index (χ2n) is 5.46. The molecule has 0 bridgehead atoms. The van der Waals surface area contributed by atoms with Gasteiger partial charge in [-0.25, -0.2) is 13.1 Å². The van der Waals surface area contributed by atoms with E-state index in [4.69, 9.17) is 14.2 Å². The van der Waals surface area contributed by atoms with Crippen LogP contribution < -0.4 is 24.2 Å². The molecule has 9 heteroatoms. The maximum atomic E-state index is 12.3. The zero-order valence-corrected chi connectivity index (χ0v) is 14.8. The summed E-state index contributed by atoms with van der Waals surface area (Å²) in [5.41, 5.74) is 0.873. The lowest BCUT2D eigenvalue weighted by Gasteiger charge is -2.09. The number of nitrogens with one attached hydrogen (secondary N) is 2. The van der Waals surface area contributed by atoms with Crippen LogP contribution in [0.1, 0.15) is 5.56 Å². The lowest BCUT2D eigenvalue weighted by atomic mass is 10.2. The van der Waals surface area contributed by atoms with Crippen LogP contribution in [0.3, 0.4) is 0 Å². The summed E-state index contributed by atoms with van der Waals surface area (Å²) in [7, 11) is -2.26. The number of sulfonamides is 1. The zero-order chi connectivity index (χ0) is 18.6. The van der Waals surface area contributed by atoms with Crippen LogP contribution >= 0.6 is 0 Å². The van der Waals surface area contributed by atoms with Crippen LogP contribution in [-0.2, 0) is 21.4 Å². The van der Waals surface area contributed by atoms with Crippen molar-refractivity contribution in [1.82, 2.24) is 10.0 Å². The van der Waals surface area contributed by atoms with Gasteiger partial charge in [-0.15, -0.1) is 0 Å². The quantitative estimate of drug-likeness (QED) is 0.746. The fourth-order valence-corrected chi connectivity index (χ4v) is 3.29. The predicted octanol–water partition coefficient (Wildman–Crippen LogP) is 1.02. The summed E-state index contributed by atoms with van der Waals surface area (Å²) < 4.78 is 42.2.